The van der Waals surface area contributed by atoms with Crippen LogP contribution in [0.15, 0.2) is 18.2 Å². The van der Waals surface area contributed by atoms with Crippen LogP contribution in [0.3, 0.4) is 0 Å². The lowest BCUT2D eigenvalue weighted by atomic mass is 10.1. The Morgan fingerprint density at radius 3 is 2.94 bits per heavy atom. The molecule has 1 heterocycles. The van der Waals surface area contributed by atoms with Gasteiger partial charge in [0.25, 0.3) is 0 Å². The van der Waals surface area contributed by atoms with E-state index in [2.05, 4.69) is 23.9 Å². The third kappa shape index (κ3) is 3.61. The number of aromatic hydroxyl groups is 1. The molecule has 0 saturated carbocycles. The van der Waals surface area contributed by atoms with E-state index in [9.17, 15) is 5.11 Å². The van der Waals surface area contributed by atoms with Crippen LogP contribution >= 0.6 is 11.6 Å². The fraction of sp³-hybridized carbons (Fsp3) is 0.571. The molecule has 1 saturated heterocycles. The quantitative estimate of drug-likeness (QED) is 0.909. The number of hydrogen-bond donors (Lipinski definition) is 1. The molecule has 1 unspecified atom stereocenters. The normalized spacial score (nSPS) is 20.8. The highest BCUT2D eigenvalue weighted by Gasteiger charge is 2.20. The summed E-state index contributed by atoms with van der Waals surface area (Å²) in [5.41, 5.74) is 0.899. The summed E-state index contributed by atoms with van der Waals surface area (Å²) in [6, 6.07) is 5.22. The fourth-order valence-electron chi connectivity index (χ4n) is 2.65. The zero-order chi connectivity index (χ0) is 13.1. The Hall–Kier alpha value is -0.770. The second-order valence-corrected chi connectivity index (χ2v) is 5.82. The first kappa shape index (κ1) is 13.7. The second kappa shape index (κ2) is 5.91. The van der Waals surface area contributed by atoms with Crippen molar-refractivity contribution in [3.8, 4) is 5.75 Å². The maximum absolute atomic E-state index is 9.79. The number of halogens is 1. The van der Waals surface area contributed by atoms with Gasteiger partial charge in [-0.25, -0.2) is 0 Å². The van der Waals surface area contributed by atoms with Crippen LogP contribution in [0.1, 0.15) is 12.0 Å². The highest BCUT2D eigenvalue weighted by molar-refractivity contribution is 6.30. The lowest BCUT2D eigenvalue weighted by Crippen LogP contribution is -2.27. The number of likely N-dealkylation sites (tertiary alicyclic amines) is 1. The zero-order valence-corrected chi connectivity index (χ0v) is 11.8. The maximum atomic E-state index is 9.79. The topological polar surface area (TPSA) is 26.7 Å². The molecule has 0 spiro atoms. The average Bonchev–Trinajstić information content (AvgIpc) is 2.69. The molecule has 1 N–H and O–H groups in total. The summed E-state index contributed by atoms with van der Waals surface area (Å²) in [4.78, 5) is 4.63. The predicted molar refractivity (Wildman–Crippen MR) is 75.1 cm³/mol. The van der Waals surface area contributed by atoms with Gasteiger partial charge >= 0.3 is 0 Å². The monoisotopic (exact) mass is 268 g/mol. The van der Waals surface area contributed by atoms with E-state index in [1.54, 1.807) is 12.1 Å². The average molecular weight is 269 g/mol. The number of benzene rings is 1. The number of hydrogen-bond acceptors (Lipinski definition) is 3. The van der Waals surface area contributed by atoms with Crippen LogP contribution in [0.2, 0.25) is 5.02 Å². The summed E-state index contributed by atoms with van der Waals surface area (Å²) in [5, 5.41) is 10.5. The lowest BCUT2D eigenvalue weighted by Gasteiger charge is -2.21. The number of phenolic OH excluding ortho intramolecular Hbond substituents is 1. The maximum Gasteiger partial charge on any atom is 0.120 e. The van der Waals surface area contributed by atoms with Crippen molar-refractivity contribution in [1.29, 1.82) is 0 Å². The van der Waals surface area contributed by atoms with Crippen molar-refractivity contribution in [3.05, 3.63) is 28.8 Å². The molecule has 0 aliphatic carbocycles. The van der Waals surface area contributed by atoms with Crippen molar-refractivity contribution >= 4 is 11.6 Å². The van der Waals surface area contributed by atoms with Crippen molar-refractivity contribution < 1.29 is 5.11 Å². The van der Waals surface area contributed by atoms with E-state index in [0.29, 0.717) is 10.8 Å². The largest absolute Gasteiger partial charge is 0.508 e. The third-order valence-electron chi connectivity index (χ3n) is 3.54. The van der Waals surface area contributed by atoms with Gasteiger partial charge in [0, 0.05) is 30.2 Å². The van der Waals surface area contributed by atoms with Gasteiger partial charge in [-0.2, -0.15) is 0 Å². The molecule has 4 heteroatoms. The van der Waals surface area contributed by atoms with Crippen LogP contribution in [0.25, 0.3) is 0 Å². The number of nitrogens with zero attached hydrogens (tertiary/aromatic N) is 2. The first-order valence-electron chi connectivity index (χ1n) is 6.39. The molecular formula is C14H21ClN2O. The van der Waals surface area contributed by atoms with Gasteiger partial charge < -0.3 is 14.9 Å². The molecule has 1 aliphatic rings. The predicted octanol–water partition coefficient (Wildman–Crippen LogP) is 2.43. The van der Waals surface area contributed by atoms with Crippen LogP contribution < -0.4 is 0 Å². The summed E-state index contributed by atoms with van der Waals surface area (Å²) in [6.45, 7) is 4.18. The van der Waals surface area contributed by atoms with Gasteiger partial charge in [-0.05, 0) is 51.2 Å². The van der Waals surface area contributed by atoms with Gasteiger partial charge in [0.1, 0.15) is 5.75 Å². The Kier molecular flexibility index (Phi) is 4.49. The van der Waals surface area contributed by atoms with E-state index in [1.165, 1.54) is 19.5 Å². The molecule has 18 heavy (non-hydrogen) atoms. The Morgan fingerprint density at radius 2 is 2.28 bits per heavy atom. The Morgan fingerprint density at radius 1 is 1.50 bits per heavy atom. The van der Waals surface area contributed by atoms with E-state index in [4.69, 9.17) is 11.6 Å². The van der Waals surface area contributed by atoms with Crippen LogP contribution in [-0.4, -0.2) is 48.6 Å². The molecular weight excluding hydrogens is 248 g/mol. The summed E-state index contributed by atoms with van der Waals surface area (Å²) in [5.74, 6) is 1.07. The molecule has 1 aromatic rings. The van der Waals surface area contributed by atoms with Crippen molar-refractivity contribution in [2.75, 3.05) is 33.7 Å². The van der Waals surface area contributed by atoms with E-state index in [0.717, 1.165) is 24.6 Å². The van der Waals surface area contributed by atoms with E-state index in [1.807, 2.05) is 6.07 Å². The van der Waals surface area contributed by atoms with Gasteiger partial charge in [-0.15, -0.1) is 0 Å². The molecule has 0 aromatic heterocycles. The summed E-state index contributed by atoms with van der Waals surface area (Å²) >= 11 is 5.95. The van der Waals surface area contributed by atoms with Gasteiger partial charge in [-0.1, -0.05) is 11.6 Å². The summed E-state index contributed by atoms with van der Waals surface area (Å²) in [7, 11) is 4.27. The minimum atomic E-state index is 0.329. The highest BCUT2D eigenvalue weighted by Crippen LogP contribution is 2.23. The van der Waals surface area contributed by atoms with E-state index in [-0.39, 0.29) is 0 Å². The van der Waals surface area contributed by atoms with Crippen LogP contribution in [-0.2, 0) is 6.54 Å². The van der Waals surface area contributed by atoms with E-state index < -0.39 is 0 Å². The third-order valence-corrected chi connectivity index (χ3v) is 3.78. The molecule has 0 bridgehead atoms. The van der Waals surface area contributed by atoms with Crippen molar-refractivity contribution in [2.45, 2.75) is 13.0 Å². The second-order valence-electron chi connectivity index (χ2n) is 5.39. The zero-order valence-electron chi connectivity index (χ0n) is 11.1. The first-order chi connectivity index (χ1) is 8.54. The molecule has 1 fully saturated rings. The fourth-order valence-corrected chi connectivity index (χ4v) is 2.85. The minimum absolute atomic E-state index is 0.329. The van der Waals surface area contributed by atoms with E-state index >= 15 is 0 Å². The number of rotatable bonds is 4. The molecule has 1 atom stereocenters. The van der Waals surface area contributed by atoms with Crippen molar-refractivity contribution in [1.82, 2.24) is 9.80 Å². The Balaban J connectivity index is 1.90. The molecule has 3 nitrogen and oxygen atoms in total. The Labute approximate surface area is 114 Å². The summed E-state index contributed by atoms with van der Waals surface area (Å²) < 4.78 is 0. The molecule has 1 aromatic carbocycles. The SMILES string of the molecule is CN1CCC(CN(C)Cc2cc(Cl)ccc2O)C1. The van der Waals surface area contributed by atoms with Gasteiger partial charge in [0.2, 0.25) is 0 Å². The van der Waals surface area contributed by atoms with Crippen LogP contribution in [0.4, 0.5) is 0 Å². The summed E-state index contributed by atoms with van der Waals surface area (Å²) in [6.07, 6.45) is 1.27. The molecule has 2 rings (SSSR count). The lowest BCUT2D eigenvalue weighted by molar-refractivity contribution is 0.264. The van der Waals surface area contributed by atoms with Crippen molar-refractivity contribution in [3.63, 3.8) is 0 Å². The molecule has 1 aliphatic heterocycles. The van der Waals surface area contributed by atoms with Crippen molar-refractivity contribution in [2.24, 2.45) is 5.92 Å². The first-order valence-corrected chi connectivity index (χ1v) is 6.77. The van der Waals surface area contributed by atoms with Gasteiger partial charge in [0.05, 0.1) is 0 Å². The smallest absolute Gasteiger partial charge is 0.120 e. The molecule has 0 amide bonds. The number of phenols is 1. The highest BCUT2D eigenvalue weighted by atomic mass is 35.5. The van der Waals surface area contributed by atoms with Crippen LogP contribution in [0.5, 0.6) is 5.75 Å². The van der Waals surface area contributed by atoms with Gasteiger partial charge in [0.15, 0.2) is 0 Å². The van der Waals surface area contributed by atoms with Crippen LogP contribution in [0, 0.1) is 5.92 Å². The standard InChI is InChI=1S/C14H21ClN2O/c1-16-6-5-11(8-16)9-17(2)10-12-7-13(15)3-4-14(12)18/h3-4,7,11,18H,5-6,8-10H2,1-2H3. The Bertz CT molecular complexity index is 411. The molecule has 0 radical (unpaired) electrons. The van der Waals surface area contributed by atoms with Gasteiger partial charge in [-0.3, -0.25) is 0 Å². The minimum Gasteiger partial charge on any atom is -0.508 e. The molecule has 100 valence electrons.